The third kappa shape index (κ3) is 2.18. The number of aryl methyl sites for hydroxylation is 1. The number of hydrogen-bond donors (Lipinski definition) is 2. The quantitative estimate of drug-likeness (QED) is 0.800. The molecule has 0 saturated heterocycles. The molecule has 0 bridgehead atoms. The van der Waals surface area contributed by atoms with Crippen LogP contribution in [0.25, 0.3) is 0 Å². The van der Waals surface area contributed by atoms with E-state index in [1.165, 1.54) is 5.56 Å². The highest BCUT2D eigenvalue weighted by Gasteiger charge is 2.07. The van der Waals surface area contributed by atoms with Crippen LogP contribution in [0.1, 0.15) is 25.5 Å². The van der Waals surface area contributed by atoms with Crippen LogP contribution in [0.5, 0.6) is 0 Å². The molecule has 0 spiro atoms. The van der Waals surface area contributed by atoms with Crippen LogP contribution in [-0.4, -0.2) is 20.0 Å². The summed E-state index contributed by atoms with van der Waals surface area (Å²) in [7, 11) is 0. The van der Waals surface area contributed by atoms with Gasteiger partial charge in [-0.2, -0.15) is 10.2 Å². The molecule has 5 nitrogen and oxygen atoms in total. The van der Waals surface area contributed by atoms with Crippen molar-refractivity contribution in [2.45, 2.75) is 26.4 Å². The van der Waals surface area contributed by atoms with Crippen LogP contribution in [0.3, 0.4) is 0 Å². The highest BCUT2D eigenvalue weighted by Crippen LogP contribution is 2.17. The molecule has 2 aromatic rings. The van der Waals surface area contributed by atoms with E-state index in [0.717, 1.165) is 12.2 Å². The molecule has 15 heavy (non-hydrogen) atoms. The van der Waals surface area contributed by atoms with Gasteiger partial charge >= 0.3 is 0 Å². The molecule has 2 N–H and O–H groups in total. The number of aromatic nitrogens is 4. The Hall–Kier alpha value is -1.78. The zero-order valence-electron chi connectivity index (χ0n) is 8.94. The second-order valence-electron chi connectivity index (χ2n) is 3.48. The average Bonchev–Trinajstić information content (AvgIpc) is 2.86. The summed E-state index contributed by atoms with van der Waals surface area (Å²) in [6.45, 7) is 5.08. The summed E-state index contributed by atoms with van der Waals surface area (Å²) in [4.78, 5) is 0. The van der Waals surface area contributed by atoms with Crippen molar-refractivity contribution in [1.82, 2.24) is 20.0 Å². The molecule has 0 aliphatic rings. The Morgan fingerprint density at radius 2 is 2.40 bits per heavy atom. The minimum Gasteiger partial charge on any atom is -0.376 e. The monoisotopic (exact) mass is 205 g/mol. The van der Waals surface area contributed by atoms with Gasteiger partial charge in [-0.1, -0.05) is 0 Å². The maximum absolute atomic E-state index is 4.24. The van der Waals surface area contributed by atoms with Crippen LogP contribution in [-0.2, 0) is 6.54 Å². The fourth-order valence-corrected chi connectivity index (χ4v) is 1.44. The van der Waals surface area contributed by atoms with Gasteiger partial charge in [-0.3, -0.25) is 9.78 Å². The van der Waals surface area contributed by atoms with E-state index in [0.29, 0.717) is 0 Å². The van der Waals surface area contributed by atoms with Crippen molar-refractivity contribution in [3.05, 3.63) is 30.4 Å². The molecule has 1 unspecified atom stereocenters. The molecule has 0 aromatic carbocycles. The number of anilines is 1. The Morgan fingerprint density at radius 3 is 3.00 bits per heavy atom. The highest BCUT2D eigenvalue weighted by atomic mass is 15.3. The summed E-state index contributed by atoms with van der Waals surface area (Å²) in [6, 6.07) is 0.239. The lowest BCUT2D eigenvalue weighted by molar-refractivity contribution is 0.658. The molecule has 0 fully saturated rings. The lowest BCUT2D eigenvalue weighted by atomic mass is 10.2. The molecule has 2 rings (SSSR count). The van der Waals surface area contributed by atoms with E-state index in [9.17, 15) is 0 Å². The molecule has 0 radical (unpaired) electrons. The maximum Gasteiger partial charge on any atom is 0.0728 e. The molecule has 0 aliphatic carbocycles. The van der Waals surface area contributed by atoms with Gasteiger partial charge in [0.05, 0.1) is 24.1 Å². The number of aromatic amines is 1. The molecule has 0 saturated carbocycles. The normalized spacial score (nSPS) is 12.7. The largest absolute Gasteiger partial charge is 0.376 e. The van der Waals surface area contributed by atoms with Crippen molar-refractivity contribution in [2.24, 2.45) is 0 Å². The third-order valence-electron chi connectivity index (χ3n) is 2.36. The van der Waals surface area contributed by atoms with Crippen LogP contribution in [0, 0.1) is 0 Å². The van der Waals surface area contributed by atoms with Gasteiger partial charge in [0, 0.05) is 24.5 Å². The predicted molar refractivity (Wildman–Crippen MR) is 58.5 cm³/mol. The first-order chi connectivity index (χ1) is 7.29. The molecule has 1 atom stereocenters. The minimum absolute atomic E-state index is 0.239. The van der Waals surface area contributed by atoms with E-state index in [1.807, 2.05) is 17.1 Å². The first-order valence-electron chi connectivity index (χ1n) is 5.07. The van der Waals surface area contributed by atoms with Gasteiger partial charge in [0.25, 0.3) is 0 Å². The Morgan fingerprint density at radius 1 is 1.53 bits per heavy atom. The topological polar surface area (TPSA) is 58.5 Å². The molecule has 0 aliphatic heterocycles. The Bertz CT molecular complexity index is 403. The Balaban J connectivity index is 2.04. The van der Waals surface area contributed by atoms with Crippen LogP contribution in [0.15, 0.2) is 24.8 Å². The summed E-state index contributed by atoms with van der Waals surface area (Å²) in [5.74, 6) is 0. The van der Waals surface area contributed by atoms with E-state index in [1.54, 1.807) is 6.20 Å². The first kappa shape index (κ1) is 9.76. The zero-order chi connectivity index (χ0) is 10.7. The SMILES string of the molecule is CCn1cc(C(C)Nc2cn[nH]c2)cn1. The highest BCUT2D eigenvalue weighted by molar-refractivity contribution is 5.40. The molecular weight excluding hydrogens is 190 g/mol. The van der Waals surface area contributed by atoms with Gasteiger partial charge < -0.3 is 5.32 Å². The predicted octanol–water partition coefficient (Wildman–Crippen LogP) is 1.80. The van der Waals surface area contributed by atoms with Gasteiger partial charge in [0.2, 0.25) is 0 Å². The second-order valence-corrected chi connectivity index (χ2v) is 3.48. The van der Waals surface area contributed by atoms with E-state index in [2.05, 4.69) is 40.7 Å². The van der Waals surface area contributed by atoms with Crippen molar-refractivity contribution < 1.29 is 0 Å². The van der Waals surface area contributed by atoms with Gasteiger partial charge in [-0.25, -0.2) is 0 Å². The van der Waals surface area contributed by atoms with Crippen molar-refractivity contribution in [3.63, 3.8) is 0 Å². The van der Waals surface area contributed by atoms with Crippen LogP contribution < -0.4 is 5.32 Å². The summed E-state index contributed by atoms with van der Waals surface area (Å²) in [6.07, 6.45) is 7.54. The third-order valence-corrected chi connectivity index (χ3v) is 2.36. The van der Waals surface area contributed by atoms with Crippen LogP contribution in [0.4, 0.5) is 5.69 Å². The average molecular weight is 205 g/mol. The van der Waals surface area contributed by atoms with E-state index in [4.69, 9.17) is 0 Å². The van der Waals surface area contributed by atoms with Crippen molar-refractivity contribution in [2.75, 3.05) is 5.32 Å². The van der Waals surface area contributed by atoms with Crippen LogP contribution >= 0.6 is 0 Å². The lowest BCUT2D eigenvalue weighted by Gasteiger charge is -2.10. The number of nitrogens with zero attached hydrogens (tertiary/aromatic N) is 3. The van der Waals surface area contributed by atoms with Gasteiger partial charge in [-0.05, 0) is 13.8 Å². The molecule has 80 valence electrons. The van der Waals surface area contributed by atoms with Gasteiger partial charge in [0.1, 0.15) is 0 Å². The Labute approximate surface area is 88.5 Å². The smallest absolute Gasteiger partial charge is 0.0728 e. The number of rotatable bonds is 4. The maximum atomic E-state index is 4.24. The molecule has 2 aromatic heterocycles. The molecule has 0 amide bonds. The van der Waals surface area contributed by atoms with Gasteiger partial charge in [-0.15, -0.1) is 0 Å². The lowest BCUT2D eigenvalue weighted by Crippen LogP contribution is -2.04. The summed E-state index contributed by atoms with van der Waals surface area (Å²) in [5.41, 5.74) is 2.17. The zero-order valence-corrected chi connectivity index (χ0v) is 8.94. The standard InChI is InChI=1S/C10H15N5/c1-3-15-7-9(4-13-15)8(2)14-10-5-11-12-6-10/h4-8,14H,3H2,1-2H3,(H,11,12). The summed E-state index contributed by atoms with van der Waals surface area (Å²) in [5, 5.41) is 14.2. The number of hydrogen-bond acceptors (Lipinski definition) is 3. The number of H-pyrrole nitrogens is 1. The van der Waals surface area contributed by atoms with E-state index < -0.39 is 0 Å². The summed E-state index contributed by atoms with van der Waals surface area (Å²) >= 11 is 0. The first-order valence-corrected chi connectivity index (χ1v) is 5.07. The molecule has 5 heteroatoms. The van der Waals surface area contributed by atoms with Gasteiger partial charge in [0.15, 0.2) is 0 Å². The van der Waals surface area contributed by atoms with Crippen LogP contribution in [0.2, 0.25) is 0 Å². The van der Waals surface area contributed by atoms with E-state index in [-0.39, 0.29) is 6.04 Å². The fourth-order valence-electron chi connectivity index (χ4n) is 1.44. The second kappa shape index (κ2) is 4.16. The molecule has 2 heterocycles. The summed E-state index contributed by atoms with van der Waals surface area (Å²) < 4.78 is 1.92. The fraction of sp³-hybridized carbons (Fsp3) is 0.400. The minimum atomic E-state index is 0.239. The van der Waals surface area contributed by atoms with Crippen molar-refractivity contribution >= 4 is 5.69 Å². The van der Waals surface area contributed by atoms with Crippen molar-refractivity contribution in [3.8, 4) is 0 Å². The molecular formula is C10H15N5. The Kier molecular flexibility index (Phi) is 2.71. The number of nitrogens with one attached hydrogen (secondary N) is 2. The van der Waals surface area contributed by atoms with Crippen molar-refractivity contribution in [1.29, 1.82) is 0 Å². The van der Waals surface area contributed by atoms with E-state index >= 15 is 0 Å².